The summed E-state index contributed by atoms with van der Waals surface area (Å²) in [6.45, 7) is -0.188. The monoisotopic (exact) mass is 306 g/mol. The quantitative estimate of drug-likeness (QED) is 0.862. The number of pyridine rings is 1. The van der Waals surface area contributed by atoms with E-state index in [0.717, 1.165) is 12.1 Å². The highest BCUT2D eigenvalue weighted by Crippen LogP contribution is 2.15. The minimum absolute atomic E-state index is 0.188. The average molecular weight is 306 g/mol. The summed E-state index contributed by atoms with van der Waals surface area (Å²) in [5.41, 5.74) is 1.70. The Hall–Kier alpha value is -2.34. The third kappa shape index (κ3) is 4.33. The number of rotatable bonds is 6. The molecule has 2 rings (SSSR count). The van der Waals surface area contributed by atoms with Crippen LogP contribution in [0.15, 0.2) is 36.7 Å². The van der Waals surface area contributed by atoms with Crippen molar-refractivity contribution in [1.29, 1.82) is 0 Å². The van der Waals surface area contributed by atoms with Gasteiger partial charge in [-0.1, -0.05) is 6.07 Å². The smallest absolute Gasteiger partial charge is 0.224 e. The Kier molecular flexibility index (Phi) is 5.55. The van der Waals surface area contributed by atoms with Crippen molar-refractivity contribution >= 4 is 11.6 Å². The zero-order valence-corrected chi connectivity index (χ0v) is 11.9. The number of carbonyl (C=O) groups excluding carboxylic acids is 1. The lowest BCUT2D eigenvalue weighted by Gasteiger charge is -2.08. The number of benzene rings is 1. The SMILES string of the molecule is O=C(CCCc1ccc(F)c(F)c1)Nc1cnccc1CO. The summed E-state index contributed by atoms with van der Waals surface area (Å²) in [6.07, 6.45) is 4.22. The number of hydrogen-bond donors (Lipinski definition) is 2. The second kappa shape index (κ2) is 7.61. The minimum atomic E-state index is -0.884. The Morgan fingerprint density at radius 1 is 1.23 bits per heavy atom. The van der Waals surface area contributed by atoms with E-state index in [2.05, 4.69) is 10.3 Å². The first kappa shape index (κ1) is 16.0. The van der Waals surface area contributed by atoms with Crippen LogP contribution < -0.4 is 5.32 Å². The van der Waals surface area contributed by atoms with Gasteiger partial charge in [-0.15, -0.1) is 0 Å². The first-order chi connectivity index (χ1) is 10.6. The molecule has 1 aromatic heterocycles. The van der Waals surface area contributed by atoms with Gasteiger partial charge in [0.1, 0.15) is 0 Å². The maximum absolute atomic E-state index is 13.1. The molecule has 0 saturated heterocycles. The van der Waals surface area contributed by atoms with Crippen LogP contribution in [0.25, 0.3) is 0 Å². The molecule has 0 fully saturated rings. The van der Waals surface area contributed by atoms with Crippen LogP contribution in [0.5, 0.6) is 0 Å². The molecule has 2 N–H and O–H groups in total. The summed E-state index contributed by atoms with van der Waals surface area (Å²) < 4.78 is 25.8. The maximum Gasteiger partial charge on any atom is 0.224 e. The van der Waals surface area contributed by atoms with E-state index < -0.39 is 11.6 Å². The number of aryl methyl sites for hydroxylation is 1. The van der Waals surface area contributed by atoms with Gasteiger partial charge in [-0.2, -0.15) is 0 Å². The van der Waals surface area contributed by atoms with Crippen LogP contribution >= 0.6 is 0 Å². The van der Waals surface area contributed by atoms with E-state index in [-0.39, 0.29) is 18.9 Å². The van der Waals surface area contributed by atoms with Gasteiger partial charge in [0.05, 0.1) is 18.5 Å². The lowest BCUT2D eigenvalue weighted by atomic mass is 10.1. The lowest BCUT2D eigenvalue weighted by molar-refractivity contribution is -0.116. The molecule has 0 aliphatic heterocycles. The fraction of sp³-hybridized carbons (Fsp3) is 0.250. The van der Waals surface area contributed by atoms with Gasteiger partial charge >= 0.3 is 0 Å². The van der Waals surface area contributed by atoms with Crippen molar-refractivity contribution < 1.29 is 18.7 Å². The van der Waals surface area contributed by atoms with Gasteiger partial charge in [0.15, 0.2) is 11.6 Å². The lowest BCUT2D eigenvalue weighted by Crippen LogP contribution is -2.13. The van der Waals surface area contributed by atoms with Crippen LogP contribution in [-0.2, 0) is 17.8 Å². The first-order valence-corrected chi connectivity index (χ1v) is 6.87. The predicted octanol–water partition coefficient (Wildman–Crippen LogP) is 2.81. The molecule has 1 heterocycles. The molecule has 0 bridgehead atoms. The summed E-state index contributed by atoms with van der Waals surface area (Å²) >= 11 is 0. The molecule has 22 heavy (non-hydrogen) atoms. The molecule has 2 aromatic rings. The Morgan fingerprint density at radius 2 is 2.05 bits per heavy atom. The van der Waals surface area contributed by atoms with Gasteiger partial charge in [-0.3, -0.25) is 9.78 Å². The minimum Gasteiger partial charge on any atom is -0.392 e. The maximum atomic E-state index is 13.1. The molecule has 6 heteroatoms. The number of anilines is 1. The average Bonchev–Trinajstić information content (AvgIpc) is 2.51. The zero-order chi connectivity index (χ0) is 15.9. The van der Waals surface area contributed by atoms with Gasteiger partial charge in [-0.05, 0) is 36.6 Å². The fourth-order valence-corrected chi connectivity index (χ4v) is 2.03. The molecule has 0 atom stereocenters. The first-order valence-electron chi connectivity index (χ1n) is 6.87. The molecule has 0 aliphatic rings. The van der Waals surface area contributed by atoms with E-state index >= 15 is 0 Å². The Labute approximate surface area is 126 Å². The second-order valence-electron chi connectivity index (χ2n) is 4.84. The summed E-state index contributed by atoms with van der Waals surface area (Å²) in [6, 6.07) is 5.34. The van der Waals surface area contributed by atoms with E-state index in [0.29, 0.717) is 29.7 Å². The van der Waals surface area contributed by atoms with E-state index in [1.807, 2.05) is 0 Å². The second-order valence-corrected chi connectivity index (χ2v) is 4.84. The van der Waals surface area contributed by atoms with Gasteiger partial charge in [0.2, 0.25) is 5.91 Å². The van der Waals surface area contributed by atoms with Gasteiger partial charge in [0, 0.05) is 18.2 Å². The number of nitrogens with zero attached hydrogens (tertiary/aromatic N) is 1. The number of nitrogens with one attached hydrogen (secondary N) is 1. The van der Waals surface area contributed by atoms with Gasteiger partial charge in [-0.25, -0.2) is 8.78 Å². The standard InChI is InChI=1S/C16H16F2N2O2/c17-13-5-4-11(8-14(13)18)2-1-3-16(22)20-15-9-19-7-6-12(15)10-21/h4-9,21H,1-3,10H2,(H,20,22). The fourth-order valence-electron chi connectivity index (χ4n) is 2.03. The van der Waals surface area contributed by atoms with Gasteiger partial charge in [0.25, 0.3) is 0 Å². The molecule has 116 valence electrons. The summed E-state index contributed by atoms with van der Waals surface area (Å²) in [5.74, 6) is -1.98. The van der Waals surface area contributed by atoms with Crippen molar-refractivity contribution in [2.24, 2.45) is 0 Å². The molecule has 0 spiro atoms. The molecule has 0 aliphatic carbocycles. The summed E-state index contributed by atoms with van der Waals surface area (Å²) in [4.78, 5) is 15.7. The van der Waals surface area contributed by atoms with Crippen LogP contribution in [0, 0.1) is 11.6 Å². The molecule has 0 saturated carbocycles. The molecule has 0 radical (unpaired) electrons. The molecular formula is C16H16F2N2O2. The zero-order valence-electron chi connectivity index (χ0n) is 11.9. The number of hydrogen-bond acceptors (Lipinski definition) is 3. The topological polar surface area (TPSA) is 62.2 Å². The van der Waals surface area contributed by atoms with Gasteiger partial charge < -0.3 is 10.4 Å². The molecular weight excluding hydrogens is 290 g/mol. The normalized spacial score (nSPS) is 10.5. The van der Waals surface area contributed by atoms with Crippen molar-refractivity contribution in [2.75, 3.05) is 5.32 Å². The highest BCUT2D eigenvalue weighted by atomic mass is 19.2. The van der Waals surface area contributed by atoms with Crippen molar-refractivity contribution in [2.45, 2.75) is 25.9 Å². The molecule has 1 aromatic carbocycles. The van der Waals surface area contributed by atoms with Crippen LogP contribution in [0.1, 0.15) is 24.0 Å². The van der Waals surface area contributed by atoms with Crippen LogP contribution in [0.3, 0.4) is 0 Å². The van der Waals surface area contributed by atoms with E-state index in [9.17, 15) is 13.6 Å². The van der Waals surface area contributed by atoms with Crippen LogP contribution in [-0.4, -0.2) is 16.0 Å². The summed E-state index contributed by atoms with van der Waals surface area (Å²) in [7, 11) is 0. The number of amides is 1. The van der Waals surface area contributed by atoms with Crippen molar-refractivity contribution in [3.63, 3.8) is 0 Å². The van der Waals surface area contributed by atoms with E-state index in [1.165, 1.54) is 18.5 Å². The number of aromatic nitrogens is 1. The Bertz CT molecular complexity index is 662. The Morgan fingerprint density at radius 3 is 2.77 bits per heavy atom. The summed E-state index contributed by atoms with van der Waals surface area (Å²) in [5, 5.41) is 11.8. The predicted molar refractivity (Wildman–Crippen MR) is 78.1 cm³/mol. The number of carbonyl (C=O) groups is 1. The number of aliphatic hydroxyl groups excluding tert-OH is 1. The van der Waals surface area contributed by atoms with Crippen LogP contribution in [0.2, 0.25) is 0 Å². The highest BCUT2D eigenvalue weighted by Gasteiger charge is 2.07. The van der Waals surface area contributed by atoms with E-state index in [4.69, 9.17) is 5.11 Å². The largest absolute Gasteiger partial charge is 0.392 e. The Balaban J connectivity index is 1.84. The molecule has 4 nitrogen and oxygen atoms in total. The number of halogens is 2. The molecule has 0 unspecified atom stereocenters. The third-order valence-corrected chi connectivity index (χ3v) is 3.21. The van der Waals surface area contributed by atoms with Crippen molar-refractivity contribution in [3.8, 4) is 0 Å². The van der Waals surface area contributed by atoms with Crippen molar-refractivity contribution in [1.82, 2.24) is 4.98 Å². The van der Waals surface area contributed by atoms with Crippen molar-refractivity contribution in [3.05, 3.63) is 59.4 Å². The molecule has 1 amide bonds. The third-order valence-electron chi connectivity index (χ3n) is 3.21. The van der Waals surface area contributed by atoms with Crippen LogP contribution in [0.4, 0.5) is 14.5 Å². The highest BCUT2D eigenvalue weighted by molar-refractivity contribution is 5.91. The van der Waals surface area contributed by atoms with E-state index in [1.54, 1.807) is 6.07 Å². The number of aliphatic hydroxyl groups is 1.